The summed E-state index contributed by atoms with van der Waals surface area (Å²) in [5, 5.41) is 12.5. The first kappa shape index (κ1) is 17.7. The molecule has 3 rings (SSSR count). The minimum absolute atomic E-state index is 0.0408. The van der Waals surface area contributed by atoms with Crippen molar-refractivity contribution in [3.05, 3.63) is 29.8 Å². The zero-order valence-electron chi connectivity index (χ0n) is 14.7. The summed E-state index contributed by atoms with van der Waals surface area (Å²) in [4.78, 5) is 25.9. The van der Waals surface area contributed by atoms with Crippen LogP contribution in [0.2, 0.25) is 0 Å². The van der Waals surface area contributed by atoms with E-state index in [4.69, 9.17) is 4.74 Å². The lowest BCUT2D eigenvalue weighted by Crippen LogP contribution is -2.46. The number of rotatable bonds is 5. The van der Waals surface area contributed by atoms with Gasteiger partial charge in [-0.25, -0.2) is 4.79 Å². The van der Waals surface area contributed by atoms with Crippen molar-refractivity contribution in [2.24, 2.45) is 11.3 Å². The van der Waals surface area contributed by atoms with E-state index >= 15 is 0 Å². The number of urea groups is 1. The Morgan fingerprint density at radius 1 is 1.36 bits per heavy atom. The Morgan fingerprint density at radius 3 is 2.76 bits per heavy atom. The first-order valence-corrected chi connectivity index (χ1v) is 9.01. The molecule has 2 N–H and O–H groups in total. The van der Waals surface area contributed by atoms with E-state index in [0.29, 0.717) is 19.6 Å². The van der Waals surface area contributed by atoms with Gasteiger partial charge in [0.15, 0.2) is 0 Å². The van der Waals surface area contributed by atoms with Gasteiger partial charge >= 0.3 is 12.0 Å². The number of nitrogens with zero attached hydrogens (tertiary/aromatic N) is 1. The van der Waals surface area contributed by atoms with Gasteiger partial charge in [-0.1, -0.05) is 25.5 Å². The Labute approximate surface area is 148 Å². The normalized spacial score (nSPS) is 25.5. The number of fused-ring (bicyclic) bond motifs is 1. The lowest BCUT2D eigenvalue weighted by atomic mass is 9.76. The summed E-state index contributed by atoms with van der Waals surface area (Å²) < 4.78 is 5.40. The van der Waals surface area contributed by atoms with Gasteiger partial charge in [0.05, 0.1) is 6.61 Å². The molecule has 6 nitrogen and oxygen atoms in total. The molecule has 2 aliphatic heterocycles. The van der Waals surface area contributed by atoms with Crippen molar-refractivity contribution in [3.8, 4) is 0 Å². The van der Waals surface area contributed by atoms with Crippen LogP contribution >= 0.6 is 0 Å². The molecule has 0 aliphatic carbocycles. The third kappa shape index (κ3) is 3.63. The van der Waals surface area contributed by atoms with Crippen LogP contribution < -0.4 is 5.32 Å². The quantitative estimate of drug-likeness (QED) is 0.859. The number of carbonyl (C=O) groups excluding carboxylic acids is 1. The maximum absolute atomic E-state index is 12.6. The van der Waals surface area contributed by atoms with Gasteiger partial charge in [-0.2, -0.15) is 0 Å². The molecule has 0 aromatic heterocycles. The monoisotopic (exact) mass is 346 g/mol. The number of unbranched alkanes of at least 4 members (excludes halogenated alkanes) is 1. The molecular weight excluding hydrogens is 320 g/mol. The molecule has 2 atom stereocenters. The molecule has 136 valence electrons. The molecule has 0 bridgehead atoms. The molecule has 2 saturated heterocycles. The fourth-order valence-electron chi connectivity index (χ4n) is 3.78. The summed E-state index contributed by atoms with van der Waals surface area (Å²) in [5.74, 6) is -0.909. The highest BCUT2D eigenvalue weighted by Gasteiger charge is 2.55. The van der Waals surface area contributed by atoms with Gasteiger partial charge in [0.25, 0.3) is 0 Å². The molecule has 2 aliphatic rings. The molecule has 0 radical (unpaired) electrons. The number of nitrogens with one attached hydrogen (secondary N) is 1. The third-order valence-electron chi connectivity index (χ3n) is 5.40. The Hall–Kier alpha value is -2.08. The number of hydrogen-bond donors (Lipinski definition) is 2. The van der Waals surface area contributed by atoms with Gasteiger partial charge in [0.2, 0.25) is 0 Å². The van der Waals surface area contributed by atoms with E-state index < -0.39 is 11.4 Å². The van der Waals surface area contributed by atoms with E-state index in [1.807, 2.05) is 24.3 Å². The molecule has 0 saturated carbocycles. The fraction of sp³-hybridized carbons (Fsp3) is 0.579. The second kappa shape index (κ2) is 7.44. The van der Waals surface area contributed by atoms with Crippen LogP contribution in [0.4, 0.5) is 10.5 Å². The number of benzene rings is 1. The topological polar surface area (TPSA) is 78.9 Å². The number of carboxylic acids is 1. The van der Waals surface area contributed by atoms with Crippen LogP contribution in [0.3, 0.4) is 0 Å². The van der Waals surface area contributed by atoms with E-state index in [-0.39, 0.29) is 25.1 Å². The number of aliphatic carboxylic acids is 1. The average Bonchev–Trinajstić information content (AvgIpc) is 3.02. The van der Waals surface area contributed by atoms with Crippen LogP contribution in [0.15, 0.2) is 24.3 Å². The second-order valence-electron chi connectivity index (χ2n) is 7.11. The van der Waals surface area contributed by atoms with Crippen LogP contribution in [-0.2, 0) is 16.0 Å². The Balaban J connectivity index is 1.63. The van der Waals surface area contributed by atoms with Crippen molar-refractivity contribution < 1.29 is 19.4 Å². The van der Waals surface area contributed by atoms with Crippen molar-refractivity contribution in [2.75, 3.05) is 31.6 Å². The summed E-state index contributed by atoms with van der Waals surface area (Å²) in [6.45, 7) is 3.58. The number of carboxylic acid groups (broad SMARTS) is 1. The molecule has 0 spiro atoms. The minimum atomic E-state index is -0.959. The molecule has 2 amide bonds. The van der Waals surface area contributed by atoms with Crippen LogP contribution in [0.25, 0.3) is 0 Å². The number of amides is 2. The van der Waals surface area contributed by atoms with Crippen molar-refractivity contribution in [2.45, 2.75) is 32.6 Å². The standard InChI is InChI=1S/C19H26N2O4/c1-2-3-4-14-5-7-16(8-6-14)20-18(24)21-11-15-9-10-25-13-19(15,12-21)17(22)23/h5-8,15H,2-4,9-13H2,1H3,(H,20,24)(H,22,23)/t15-,19+/m0/s1. The summed E-state index contributed by atoms with van der Waals surface area (Å²) in [5.41, 5.74) is 1.04. The first-order valence-electron chi connectivity index (χ1n) is 9.01. The molecule has 1 aromatic rings. The van der Waals surface area contributed by atoms with Crippen molar-refractivity contribution in [3.63, 3.8) is 0 Å². The summed E-state index contributed by atoms with van der Waals surface area (Å²) in [7, 11) is 0. The lowest BCUT2D eigenvalue weighted by Gasteiger charge is -2.33. The highest BCUT2D eigenvalue weighted by molar-refractivity contribution is 5.90. The minimum Gasteiger partial charge on any atom is -0.481 e. The SMILES string of the molecule is CCCCc1ccc(NC(=O)N2C[C@@H]3CCOC[C@]3(C(=O)O)C2)cc1. The van der Waals surface area contributed by atoms with Crippen LogP contribution in [0.5, 0.6) is 0 Å². The lowest BCUT2D eigenvalue weighted by molar-refractivity contribution is -0.159. The fourth-order valence-corrected chi connectivity index (χ4v) is 3.78. The van der Waals surface area contributed by atoms with E-state index in [2.05, 4.69) is 12.2 Å². The Morgan fingerprint density at radius 2 is 2.12 bits per heavy atom. The summed E-state index contributed by atoms with van der Waals surface area (Å²) >= 11 is 0. The zero-order chi connectivity index (χ0) is 17.9. The van der Waals surface area contributed by atoms with E-state index in [9.17, 15) is 14.7 Å². The summed E-state index contributed by atoms with van der Waals surface area (Å²) in [6.07, 6.45) is 4.03. The Bertz CT molecular complexity index is 631. The van der Waals surface area contributed by atoms with Gasteiger partial charge in [0, 0.05) is 25.4 Å². The van der Waals surface area contributed by atoms with Crippen LogP contribution in [0.1, 0.15) is 31.7 Å². The van der Waals surface area contributed by atoms with Gasteiger partial charge in [-0.15, -0.1) is 0 Å². The smallest absolute Gasteiger partial charge is 0.321 e. The van der Waals surface area contributed by atoms with Crippen molar-refractivity contribution in [1.82, 2.24) is 4.90 Å². The largest absolute Gasteiger partial charge is 0.481 e. The van der Waals surface area contributed by atoms with Gasteiger partial charge < -0.3 is 20.1 Å². The maximum atomic E-state index is 12.6. The summed E-state index contributed by atoms with van der Waals surface area (Å²) in [6, 6.07) is 7.63. The van der Waals surface area contributed by atoms with Gasteiger partial charge in [0.1, 0.15) is 5.41 Å². The van der Waals surface area contributed by atoms with Crippen LogP contribution in [0, 0.1) is 11.3 Å². The highest BCUT2D eigenvalue weighted by Crippen LogP contribution is 2.41. The predicted octanol–water partition coefficient (Wildman–Crippen LogP) is 2.98. The maximum Gasteiger partial charge on any atom is 0.321 e. The van der Waals surface area contributed by atoms with Gasteiger partial charge in [-0.05, 0) is 42.9 Å². The third-order valence-corrected chi connectivity index (χ3v) is 5.40. The number of carbonyl (C=O) groups is 2. The molecule has 25 heavy (non-hydrogen) atoms. The molecule has 1 aromatic carbocycles. The number of likely N-dealkylation sites (tertiary alicyclic amines) is 1. The zero-order valence-corrected chi connectivity index (χ0v) is 14.7. The van der Waals surface area contributed by atoms with Crippen molar-refractivity contribution in [1.29, 1.82) is 0 Å². The second-order valence-corrected chi connectivity index (χ2v) is 7.11. The number of aryl methyl sites for hydroxylation is 1. The molecule has 0 unspecified atom stereocenters. The molecule has 2 heterocycles. The van der Waals surface area contributed by atoms with E-state index in [1.54, 1.807) is 4.90 Å². The van der Waals surface area contributed by atoms with Crippen LogP contribution in [-0.4, -0.2) is 48.3 Å². The number of ether oxygens (including phenoxy) is 1. The van der Waals surface area contributed by atoms with E-state index in [0.717, 1.165) is 24.9 Å². The molecular formula is C19H26N2O4. The number of hydrogen-bond acceptors (Lipinski definition) is 3. The number of anilines is 1. The highest BCUT2D eigenvalue weighted by atomic mass is 16.5. The van der Waals surface area contributed by atoms with Crippen molar-refractivity contribution >= 4 is 17.7 Å². The predicted molar refractivity (Wildman–Crippen MR) is 94.6 cm³/mol. The Kier molecular flexibility index (Phi) is 5.27. The van der Waals surface area contributed by atoms with E-state index in [1.165, 1.54) is 5.56 Å². The average molecular weight is 346 g/mol. The first-order chi connectivity index (χ1) is 12.0. The molecule has 6 heteroatoms. The molecule has 2 fully saturated rings. The van der Waals surface area contributed by atoms with Gasteiger partial charge in [-0.3, -0.25) is 4.79 Å².